The zero-order valence-corrected chi connectivity index (χ0v) is 10.6. The molecule has 1 amide bonds. The van der Waals surface area contributed by atoms with Crippen molar-refractivity contribution in [2.24, 2.45) is 7.05 Å². The number of hydrogen-bond acceptors (Lipinski definition) is 4. The monoisotopic (exact) mass is 238 g/mol. The molecule has 2 N–H and O–H groups in total. The lowest BCUT2D eigenvalue weighted by atomic mass is 10.2. The van der Waals surface area contributed by atoms with E-state index in [2.05, 4.69) is 5.10 Å². The Kier molecular flexibility index (Phi) is 2.38. The van der Waals surface area contributed by atoms with Crippen LogP contribution in [0.5, 0.6) is 0 Å². The standard InChI is InChI=1S/C10H14N4OS/c1-5-6-7(11)8(9(15)13(2)3)16-10(6)14(4)12-5/h11H2,1-4H3. The minimum Gasteiger partial charge on any atom is -0.397 e. The molecule has 0 saturated heterocycles. The molecule has 0 aliphatic heterocycles. The average Bonchev–Trinajstić information content (AvgIpc) is 2.67. The van der Waals surface area contributed by atoms with Gasteiger partial charge in [-0.2, -0.15) is 5.10 Å². The molecule has 0 radical (unpaired) electrons. The second-order valence-electron chi connectivity index (χ2n) is 3.93. The normalized spacial score (nSPS) is 11.0. The molecule has 0 spiro atoms. The maximum Gasteiger partial charge on any atom is 0.265 e. The van der Waals surface area contributed by atoms with Gasteiger partial charge in [0.2, 0.25) is 0 Å². The van der Waals surface area contributed by atoms with Crippen molar-refractivity contribution in [3.63, 3.8) is 0 Å². The zero-order valence-electron chi connectivity index (χ0n) is 9.74. The first kappa shape index (κ1) is 10.9. The molecule has 0 unspecified atom stereocenters. The van der Waals surface area contributed by atoms with Gasteiger partial charge in [-0.05, 0) is 6.92 Å². The molecular weight excluding hydrogens is 224 g/mol. The van der Waals surface area contributed by atoms with Crippen molar-refractivity contribution in [1.82, 2.24) is 14.7 Å². The van der Waals surface area contributed by atoms with Crippen molar-refractivity contribution in [2.75, 3.05) is 19.8 Å². The van der Waals surface area contributed by atoms with Gasteiger partial charge in [0, 0.05) is 21.1 Å². The molecular formula is C10H14N4OS. The highest BCUT2D eigenvalue weighted by molar-refractivity contribution is 7.21. The third-order valence-electron chi connectivity index (χ3n) is 2.48. The van der Waals surface area contributed by atoms with Gasteiger partial charge in [-0.1, -0.05) is 0 Å². The fraction of sp³-hybridized carbons (Fsp3) is 0.400. The summed E-state index contributed by atoms with van der Waals surface area (Å²) in [6.45, 7) is 1.90. The first-order chi connectivity index (χ1) is 7.43. The summed E-state index contributed by atoms with van der Waals surface area (Å²) in [5.74, 6) is -0.0573. The fourth-order valence-corrected chi connectivity index (χ4v) is 2.90. The Morgan fingerprint density at radius 2 is 2.12 bits per heavy atom. The second kappa shape index (κ2) is 3.48. The molecule has 86 valence electrons. The lowest BCUT2D eigenvalue weighted by Gasteiger charge is -2.08. The number of nitrogens with zero attached hydrogens (tertiary/aromatic N) is 3. The van der Waals surface area contributed by atoms with Crippen molar-refractivity contribution in [3.05, 3.63) is 10.6 Å². The SMILES string of the molecule is Cc1nn(C)c2sc(C(=O)N(C)C)c(N)c12. The first-order valence-corrected chi connectivity index (χ1v) is 5.68. The number of thiophene rings is 1. The number of nitrogen functional groups attached to an aromatic ring is 1. The van der Waals surface area contributed by atoms with E-state index >= 15 is 0 Å². The summed E-state index contributed by atoms with van der Waals surface area (Å²) in [6, 6.07) is 0. The van der Waals surface area contributed by atoms with Crippen LogP contribution >= 0.6 is 11.3 Å². The van der Waals surface area contributed by atoms with Crippen molar-refractivity contribution >= 4 is 33.1 Å². The maximum atomic E-state index is 11.9. The van der Waals surface area contributed by atoms with Crippen LogP contribution < -0.4 is 5.73 Å². The molecule has 2 aromatic heterocycles. The number of anilines is 1. The smallest absolute Gasteiger partial charge is 0.265 e. The van der Waals surface area contributed by atoms with Gasteiger partial charge < -0.3 is 10.6 Å². The Labute approximate surface area is 97.4 Å². The van der Waals surface area contributed by atoms with Gasteiger partial charge in [0.1, 0.15) is 9.71 Å². The number of rotatable bonds is 1. The van der Waals surface area contributed by atoms with Crippen LogP contribution in [0.25, 0.3) is 10.2 Å². The number of hydrogen-bond donors (Lipinski definition) is 1. The molecule has 0 aliphatic rings. The van der Waals surface area contributed by atoms with Crippen LogP contribution in [0.1, 0.15) is 15.4 Å². The molecule has 5 nitrogen and oxygen atoms in total. The number of amides is 1. The molecule has 2 aromatic rings. The zero-order chi connectivity index (χ0) is 12.0. The van der Waals surface area contributed by atoms with Gasteiger partial charge in [0.05, 0.1) is 16.8 Å². The van der Waals surface area contributed by atoms with E-state index in [4.69, 9.17) is 5.73 Å². The molecule has 0 bridgehead atoms. The van der Waals surface area contributed by atoms with Crippen molar-refractivity contribution in [1.29, 1.82) is 0 Å². The highest BCUT2D eigenvalue weighted by Gasteiger charge is 2.21. The van der Waals surface area contributed by atoms with E-state index < -0.39 is 0 Å². The number of carbonyl (C=O) groups is 1. The van der Waals surface area contributed by atoms with E-state index in [-0.39, 0.29) is 5.91 Å². The lowest BCUT2D eigenvalue weighted by Crippen LogP contribution is -2.21. The molecule has 0 fully saturated rings. The van der Waals surface area contributed by atoms with Crippen molar-refractivity contribution in [2.45, 2.75) is 6.92 Å². The third-order valence-corrected chi connectivity index (χ3v) is 3.74. The van der Waals surface area contributed by atoms with Gasteiger partial charge in [-0.15, -0.1) is 11.3 Å². The van der Waals surface area contributed by atoms with Crippen LogP contribution in [-0.4, -0.2) is 34.7 Å². The summed E-state index contributed by atoms with van der Waals surface area (Å²) in [7, 11) is 5.30. The third kappa shape index (κ3) is 1.37. The summed E-state index contributed by atoms with van der Waals surface area (Å²) >= 11 is 1.39. The van der Waals surface area contributed by atoms with E-state index in [1.54, 1.807) is 18.8 Å². The van der Waals surface area contributed by atoms with Gasteiger partial charge in [-0.25, -0.2) is 0 Å². The van der Waals surface area contributed by atoms with Crippen LogP contribution in [-0.2, 0) is 7.05 Å². The molecule has 2 heterocycles. The summed E-state index contributed by atoms with van der Waals surface area (Å²) in [5.41, 5.74) is 7.41. The Bertz CT molecular complexity index is 567. The van der Waals surface area contributed by atoms with Crippen LogP contribution in [0.2, 0.25) is 0 Å². The van der Waals surface area contributed by atoms with Gasteiger partial charge in [0.15, 0.2) is 0 Å². The van der Waals surface area contributed by atoms with Crippen molar-refractivity contribution in [3.8, 4) is 0 Å². The highest BCUT2D eigenvalue weighted by Crippen LogP contribution is 2.35. The number of fused-ring (bicyclic) bond motifs is 1. The summed E-state index contributed by atoms with van der Waals surface area (Å²) in [5, 5.41) is 5.18. The average molecular weight is 238 g/mol. The van der Waals surface area contributed by atoms with Crippen LogP contribution in [0, 0.1) is 6.92 Å². The number of aromatic nitrogens is 2. The van der Waals surface area contributed by atoms with Crippen LogP contribution in [0.3, 0.4) is 0 Å². The summed E-state index contributed by atoms with van der Waals surface area (Å²) < 4.78 is 1.76. The molecule has 16 heavy (non-hydrogen) atoms. The molecule has 6 heteroatoms. The minimum atomic E-state index is -0.0573. The van der Waals surface area contributed by atoms with Crippen LogP contribution in [0.15, 0.2) is 0 Å². The van der Waals surface area contributed by atoms with E-state index in [1.165, 1.54) is 16.2 Å². The minimum absolute atomic E-state index is 0.0573. The maximum absolute atomic E-state index is 11.9. The van der Waals surface area contributed by atoms with Gasteiger partial charge >= 0.3 is 0 Å². The largest absolute Gasteiger partial charge is 0.397 e. The fourth-order valence-electron chi connectivity index (χ4n) is 1.69. The molecule has 0 atom stereocenters. The topological polar surface area (TPSA) is 64.2 Å². The van der Waals surface area contributed by atoms with Crippen LogP contribution in [0.4, 0.5) is 5.69 Å². The Morgan fingerprint density at radius 1 is 1.50 bits per heavy atom. The Morgan fingerprint density at radius 3 is 2.62 bits per heavy atom. The van der Waals surface area contributed by atoms with E-state index in [1.807, 2.05) is 14.0 Å². The molecule has 0 aliphatic carbocycles. The van der Waals surface area contributed by atoms with Gasteiger partial charge in [-0.3, -0.25) is 9.48 Å². The van der Waals surface area contributed by atoms with Gasteiger partial charge in [0.25, 0.3) is 5.91 Å². The first-order valence-electron chi connectivity index (χ1n) is 4.86. The lowest BCUT2D eigenvalue weighted by molar-refractivity contribution is 0.0833. The number of nitrogens with two attached hydrogens (primary N) is 1. The molecule has 0 saturated carbocycles. The quantitative estimate of drug-likeness (QED) is 0.812. The second-order valence-corrected chi connectivity index (χ2v) is 4.93. The van der Waals surface area contributed by atoms with Crippen molar-refractivity contribution < 1.29 is 4.79 Å². The molecule has 2 rings (SSSR count). The molecule has 0 aromatic carbocycles. The van der Waals surface area contributed by atoms with E-state index in [0.717, 1.165) is 15.9 Å². The summed E-state index contributed by atoms with van der Waals surface area (Å²) in [4.78, 5) is 15.0. The highest BCUT2D eigenvalue weighted by atomic mass is 32.1. The van der Waals surface area contributed by atoms with E-state index in [9.17, 15) is 4.79 Å². The number of aryl methyl sites for hydroxylation is 2. The number of carbonyl (C=O) groups excluding carboxylic acids is 1. The Balaban J connectivity index is 2.70. The summed E-state index contributed by atoms with van der Waals surface area (Å²) in [6.07, 6.45) is 0. The Hall–Kier alpha value is -1.56. The van der Waals surface area contributed by atoms with E-state index in [0.29, 0.717) is 10.6 Å². The predicted octanol–water partition coefficient (Wildman–Crippen LogP) is 1.23. The predicted molar refractivity (Wildman–Crippen MR) is 65.8 cm³/mol.